The first kappa shape index (κ1) is 12.0. The van der Waals surface area contributed by atoms with Gasteiger partial charge in [0.15, 0.2) is 0 Å². The first-order chi connectivity index (χ1) is 8.66. The van der Waals surface area contributed by atoms with Crippen molar-refractivity contribution in [2.24, 2.45) is 0 Å². The van der Waals surface area contributed by atoms with E-state index in [1.54, 1.807) is 12.1 Å². The SMILES string of the molecule is CC(=O)NCC=Cc1ccc2nc[nH]c(=O)c2c1. The number of aromatic amines is 1. The van der Waals surface area contributed by atoms with Gasteiger partial charge in [0.1, 0.15) is 0 Å². The molecule has 0 fully saturated rings. The highest BCUT2D eigenvalue weighted by atomic mass is 16.1. The summed E-state index contributed by atoms with van der Waals surface area (Å²) in [7, 11) is 0. The third-order valence-corrected chi connectivity index (χ3v) is 2.44. The maximum Gasteiger partial charge on any atom is 0.258 e. The van der Waals surface area contributed by atoms with Gasteiger partial charge in [-0.05, 0) is 17.7 Å². The van der Waals surface area contributed by atoms with Crippen LogP contribution in [0, 0.1) is 0 Å². The summed E-state index contributed by atoms with van der Waals surface area (Å²) >= 11 is 0. The van der Waals surface area contributed by atoms with Crippen LogP contribution in [0.3, 0.4) is 0 Å². The van der Waals surface area contributed by atoms with E-state index in [0.717, 1.165) is 5.56 Å². The third-order valence-electron chi connectivity index (χ3n) is 2.44. The lowest BCUT2D eigenvalue weighted by molar-refractivity contribution is -0.118. The fraction of sp³-hybridized carbons (Fsp3) is 0.154. The summed E-state index contributed by atoms with van der Waals surface area (Å²) in [5, 5.41) is 3.21. The molecule has 1 amide bonds. The van der Waals surface area contributed by atoms with Crippen LogP contribution in [-0.4, -0.2) is 22.4 Å². The van der Waals surface area contributed by atoms with Crippen LogP contribution < -0.4 is 10.9 Å². The summed E-state index contributed by atoms with van der Waals surface area (Å²) in [5.74, 6) is -0.0706. The maximum atomic E-state index is 11.6. The quantitative estimate of drug-likeness (QED) is 0.846. The number of nitrogens with zero attached hydrogens (tertiary/aromatic N) is 1. The smallest absolute Gasteiger partial charge is 0.258 e. The van der Waals surface area contributed by atoms with Gasteiger partial charge < -0.3 is 10.3 Å². The molecule has 0 bridgehead atoms. The van der Waals surface area contributed by atoms with Crippen LogP contribution in [0.5, 0.6) is 0 Å². The van der Waals surface area contributed by atoms with Crippen LogP contribution in [0.15, 0.2) is 35.4 Å². The molecule has 2 rings (SSSR count). The Bertz CT molecular complexity index is 659. The first-order valence-electron chi connectivity index (χ1n) is 5.55. The zero-order valence-corrected chi connectivity index (χ0v) is 9.93. The highest BCUT2D eigenvalue weighted by Gasteiger charge is 1.98. The molecule has 2 aromatic rings. The van der Waals surface area contributed by atoms with Gasteiger partial charge in [-0.3, -0.25) is 9.59 Å². The van der Waals surface area contributed by atoms with Crippen molar-refractivity contribution in [3.8, 4) is 0 Å². The minimum atomic E-state index is -0.155. The number of rotatable bonds is 3. The number of amides is 1. The summed E-state index contributed by atoms with van der Waals surface area (Å²) in [5.41, 5.74) is 1.40. The Morgan fingerprint density at radius 2 is 2.33 bits per heavy atom. The lowest BCUT2D eigenvalue weighted by Gasteiger charge is -1.98. The number of hydrogen-bond donors (Lipinski definition) is 2. The van der Waals surface area contributed by atoms with Crippen molar-refractivity contribution in [2.45, 2.75) is 6.92 Å². The van der Waals surface area contributed by atoms with E-state index in [-0.39, 0.29) is 11.5 Å². The molecule has 1 heterocycles. The van der Waals surface area contributed by atoms with E-state index in [2.05, 4.69) is 15.3 Å². The first-order valence-corrected chi connectivity index (χ1v) is 5.55. The Morgan fingerprint density at radius 1 is 1.50 bits per heavy atom. The number of hydrogen-bond acceptors (Lipinski definition) is 3. The maximum absolute atomic E-state index is 11.6. The molecule has 2 N–H and O–H groups in total. The van der Waals surface area contributed by atoms with Crippen molar-refractivity contribution in [2.75, 3.05) is 6.54 Å². The summed E-state index contributed by atoms with van der Waals surface area (Å²) in [4.78, 5) is 28.9. The van der Waals surface area contributed by atoms with Crippen molar-refractivity contribution in [3.05, 3.63) is 46.5 Å². The second kappa shape index (κ2) is 5.27. The Balaban J connectivity index is 2.22. The van der Waals surface area contributed by atoms with Crippen molar-refractivity contribution in [1.29, 1.82) is 0 Å². The topological polar surface area (TPSA) is 74.8 Å². The number of H-pyrrole nitrogens is 1. The minimum absolute atomic E-state index is 0.0706. The second-order valence-corrected chi connectivity index (χ2v) is 3.85. The van der Waals surface area contributed by atoms with Gasteiger partial charge in [-0.15, -0.1) is 0 Å². The molecule has 0 aliphatic carbocycles. The number of nitrogens with one attached hydrogen (secondary N) is 2. The Hall–Kier alpha value is -2.43. The Labute approximate surface area is 104 Å². The van der Waals surface area contributed by atoms with Crippen LogP contribution in [-0.2, 0) is 4.79 Å². The molecule has 18 heavy (non-hydrogen) atoms. The van der Waals surface area contributed by atoms with E-state index in [0.29, 0.717) is 17.4 Å². The van der Waals surface area contributed by atoms with E-state index < -0.39 is 0 Å². The largest absolute Gasteiger partial charge is 0.353 e. The summed E-state index contributed by atoms with van der Waals surface area (Å²) < 4.78 is 0. The predicted octanol–water partition coefficient (Wildman–Crippen LogP) is 1.07. The molecule has 0 aliphatic heterocycles. The van der Waals surface area contributed by atoms with Gasteiger partial charge in [0, 0.05) is 13.5 Å². The average molecular weight is 243 g/mol. The zero-order valence-electron chi connectivity index (χ0n) is 9.93. The molecule has 0 saturated carbocycles. The fourth-order valence-electron chi connectivity index (χ4n) is 1.59. The van der Waals surface area contributed by atoms with E-state index in [9.17, 15) is 9.59 Å². The normalized spacial score (nSPS) is 10.9. The molecule has 1 aromatic carbocycles. The molecule has 5 nitrogen and oxygen atoms in total. The van der Waals surface area contributed by atoms with Gasteiger partial charge in [-0.25, -0.2) is 4.98 Å². The summed E-state index contributed by atoms with van der Waals surface area (Å²) in [6.07, 6.45) is 5.06. The van der Waals surface area contributed by atoms with Crippen LogP contribution in [0.25, 0.3) is 17.0 Å². The van der Waals surface area contributed by atoms with Gasteiger partial charge in [0.05, 0.1) is 17.2 Å². The molecule has 0 aliphatic rings. The van der Waals surface area contributed by atoms with Crippen LogP contribution in [0.1, 0.15) is 12.5 Å². The van der Waals surface area contributed by atoms with Crippen molar-refractivity contribution >= 4 is 22.9 Å². The molecular weight excluding hydrogens is 230 g/mol. The zero-order chi connectivity index (χ0) is 13.0. The molecule has 92 valence electrons. The number of carbonyl (C=O) groups is 1. The molecular formula is C13H13N3O2. The second-order valence-electron chi connectivity index (χ2n) is 3.85. The monoisotopic (exact) mass is 243 g/mol. The molecule has 1 aromatic heterocycles. The van der Waals surface area contributed by atoms with Crippen LogP contribution in [0.4, 0.5) is 0 Å². The van der Waals surface area contributed by atoms with Gasteiger partial charge in [-0.1, -0.05) is 18.2 Å². The number of fused-ring (bicyclic) bond motifs is 1. The Morgan fingerprint density at radius 3 is 3.11 bits per heavy atom. The lowest BCUT2D eigenvalue weighted by Crippen LogP contribution is -2.19. The fourth-order valence-corrected chi connectivity index (χ4v) is 1.59. The van der Waals surface area contributed by atoms with Crippen molar-refractivity contribution < 1.29 is 4.79 Å². The molecule has 0 unspecified atom stereocenters. The molecule has 5 heteroatoms. The third kappa shape index (κ3) is 2.82. The lowest BCUT2D eigenvalue weighted by atomic mass is 10.1. The number of benzene rings is 1. The summed E-state index contributed by atoms with van der Waals surface area (Å²) in [6, 6.07) is 5.44. The summed E-state index contributed by atoms with van der Waals surface area (Å²) in [6.45, 7) is 1.94. The highest BCUT2D eigenvalue weighted by molar-refractivity contribution is 5.80. The average Bonchev–Trinajstić information content (AvgIpc) is 2.35. The van der Waals surface area contributed by atoms with E-state index in [1.807, 2.05) is 18.2 Å². The molecule has 0 spiro atoms. The number of aromatic nitrogens is 2. The predicted molar refractivity (Wildman–Crippen MR) is 70.1 cm³/mol. The van der Waals surface area contributed by atoms with Crippen LogP contribution in [0.2, 0.25) is 0 Å². The standard InChI is InChI=1S/C13H13N3O2/c1-9(17)14-6-2-3-10-4-5-12-11(7-10)13(18)16-8-15-12/h2-5,7-8H,6H2,1H3,(H,14,17)(H,15,16,18). The van der Waals surface area contributed by atoms with E-state index in [4.69, 9.17) is 0 Å². The highest BCUT2D eigenvalue weighted by Crippen LogP contribution is 2.10. The number of carbonyl (C=O) groups excluding carboxylic acids is 1. The molecule has 0 saturated heterocycles. The van der Waals surface area contributed by atoms with Crippen LogP contribution >= 0.6 is 0 Å². The minimum Gasteiger partial charge on any atom is -0.353 e. The molecule has 0 atom stereocenters. The van der Waals surface area contributed by atoms with Gasteiger partial charge in [0.2, 0.25) is 5.91 Å². The van der Waals surface area contributed by atoms with E-state index in [1.165, 1.54) is 13.3 Å². The van der Waals surface area contributed by atoms with Gasteiger partial charge in [0.25, 0.3) is 5.56 Å². The van der Waals surface area contributed by atoms with Gasteiger partial charge >= 0.3 is 0 Å². The van der Waals surface area contributed by atoms with Crippen molar-refractivity contribution in [1.82, 2.24) is 15.3 Å². The molecule has 0 radical (unpaired) electrons. The van der Waals surface area contributed by atoms with E-state index >= 15 is 0 Å². The van der Waals surface area contributed by atoms with Gasteiger partial charge in [-0.2, -0.15) is 0 Å². The Kier molecular flexibility index (Phi) is 3.52. The van der Waals surface area contributed by atoms with Crippen molar-refractivity contribution in [3.63, 3.8) is 0 Å².